The molecule has 1 N–H and O–H groups in total. The third kappa shape index (κ3) is 7.18. The van der Waals surface area contributed by atoms with Crippen molar-refractivity contribution in [2.24, 2.45) is 0 Å². The maximum atomic E-state index is 14.8. The van der Waals surface area contributed by atoms with E-state index in [0.717, 1.165) is 15.4 Å². The molecule has 0 bridgehead atoms. The first-order chi connectivity index (χ1) is 19.7. The summed E-state index contributed by atoms with van der Waals surface area (Å²) in [5, 5.41) is 2.61. The molecule has 4 rings (SSSR count). The lowest BCUT2D eigenvalue weighted by Crippen LogP contribution is -2.53. The number of halogens is 1. The highest BCUT2D eigenvalue weighted by Gasteiger charge is 2.34. The number of amides is 2. The zero-order valence-corrected chi connectivity index (χ0v) is 23.7. The number of carbonyl (C=O) groups is 2. The highest BCUT2D eigenvalue weighted by molar-refractivity contribution is 7.92. The molecule has 0 aliphatic rings. The van der Waals surface area contributed by atoms with Crippen LogP contribution >= 0.6 is 0 Å². The Morgan fingerprint density at radius 1 is 0.829 bits per heavy atom. The lowest BCUT2D eigenvalue weighted by atomic mass is 10.0. The molecule has 0 fully saturated rings. The van der Waals surface area contributed by atoms with Crippen LogP contribution in [0.5, 0.6) is 0 Å². The number of anilines is 1. The molecule has 2 amide bonds. The van der Waals surface area contributed by atoms with Gasteiger partial charge < -0.3 is 10.2 Å². The van der Waals surface area contributed by atoms with E-state index in [2.05, 4.69) is 5.32 Å². The molecule has 0 aliphatic heterocycles. The summed E-state index contributed by atoms with van der Waals surface area (Å²) < 4.78 is 43.6. The Labute approximate surface area is 240 Å². The standard InChI is InChI=1S/C32H32FN3O4S/c1-24-17-19-28(20-18-24)41(39,40)36(27-14-7-4-8-15-27)23-31(37)35(22-26-13-9-10-16-29(26)33)30(32(38)34-2)21-25-11-5-3-6-12-25/h3-20,30H,21-23H2,1-2H3,(H,34,38)/t30-/m1/s1. The van der Waals surface area contributed by atoms with Crippen LogP contribution in [0.3, 0.4) is 0 Å². The summed E-state index contributed by atoms with van der Waals surface area (Å²) in [5.41, 5.74) is 2.17. The molecule has 4 aromatic carbocycles. The molecule has 0 saturated heterocycles. The van der Waals surface area contributed by atoms with E-state index in [0.29, 0.717) is 0 Å². The summed E-state index contributed by atoms with van der Waals surface area (Å²) in [6, 6.07) is 28.8. The quantitative estimate of drug-likeness (QED) is 0.282. The maximum absolute atomic E-state index is 14.8. The molecule has 4 aromatic rings. The summed E-state index contributed by atoms with van der Waals surface area (Å²) in [4.78, 5) is 28.6. The molecular formula is C32H32FN3O4S. The number of benzene rings is 4. The van der Waals surface area contributed by atoms with Crippen LogP contribution in [-0.4, -0.2) is 44.8 Å². The van der Waals surface area contributed by atoms with Gasteiger partial charge in [-0.05, 0) is 42.8 Å². The largest absolute Gasteiger partial charge is 0.357 e. The zero-order chi connectivity index (χ0) is 29.4. The number of rotatable bonds is 11. The van der Waals surface area contributed by atoms with Crippen molar-refractivity contribution in [2.75, 3.05) is 17.9 Å². The maximum Gasteiger partial charge on any atom is 0.264 e. The molecule has 212 valence electrons. The van der Waals surface area contributed by atoms with Crippen molar-refractivity contribution in [3.63, 3.8) is 0 Å². The predicted molar refractivity (Wildman–Crippen MR) is 157 cm³/mol. The molecule has 0 aliphatic carbocycles. The summed E-state index contributed by atoms with van der Waals surface area (Å²) in [6.45, 7) is 1.02. The van der Waals surface area contributed by atoms with Gasteiger partial charge in [-0.15, -0.1) is 0 Å². The molecule has 41 heavy (non-hydrogen) atoms. The molecule has 0 saturated carbocycles. The predicted octanol–water partition coefficient (Wildman–Crippen LogP) is 4.72. The van der Waals surface area contributed by atoms with Gasteiger partial charge in [-0.3, -0.25) is 13.9 Å². The van der Waals surface area contributed by atoms with E-state index >= 15 is 0 Å². The van der Waals surface area contributed by atoms with Crippen molar-refractivity contribution in [1.29, 1.82) is 0 Å². The summed E-state index contributed by atoms with van der Waals surface area (Å²) in [6.07, 6.45) is 0.150. The first-order valence-corrected chi connectivity index (χ1v) is 14.6. The van der Waals surface area contributed by atoms with Crippen molar-refractivity contribution < 1.29 is 22.4 Å². The fourth-order valence-electron chi connectivity index (χ4n) is 4.49. The van der Waals surface area contributed by atoms with Crippen LogP contribution in [0.1, 0.15) is 16.7 Å². The molecule has 0 spiro atoms. The number of likely N-dealkylation sites (N-methyl/N-ethyl adjacent to an activating group) is 1. The summed E-state index contributed by atoms with van der Waals surface area (Å²) in [5.74, 6) is -1.64. The van der Waals surface area contributed by atoms with Crippen LogP contribution in [0.2, 0.25) is 0 Å². The van der Waals surface area contributed by atoms with Gasteiger partial charge in [-0.1, -0.05) is 84.4 Å². The van der Waals surface area contributed by atoms with Gasteiger partial charge in [0.15, 0.2) is 0 Å². The van der Waals surface area contributed by atoms with Gasteiger partial charge >= 0.3 is 0 Å². The lowest BCUT2D eigenvalue weighted by Gasteiger charge is -2.33. The molecular weight excluding hydrogens is 541 g/mol. The average molecular weight is 574 g/mol. The second-order valence-corrected chi connectivity index (χ2v) is 11.5. The molecule has 0 unspecified atom stereocenters. The Hall–Kier alpha value is -4.50. The second-order valence-electron chi connectivity index (χ2n) is 9.59. The third-order valence-corrected chi connectivity index (χ3v) is 8.54. The number of para-hydroxylation sites is 1. The zero-order valence-electron chi connectivity index (χ0n) is 22.9. The van der Waals surface area contributed by atoms with Gasteiger partial charge in [0.05, 0.1) is 10.6 Å². The average Bonchev–Trinajstić information content (AvgIpc) is 2.99. The molecule has 0 aromatic heterocycles. The minimum absolute atomic E-state index is 0.0209. The number of sulfonamides is 1. The highest BCUT2D eigenvalue weighted by Crippen LogP contribution is 2.25. The number of nitrogens with one attached hydrogen (secondary N) is 1. The highest BCUT2D eigenvalue weighted by atomic mass is 32.2. The second kappa shape index (κ2) is 13.2. The Morgan fingerprint density at radius 3 is 2.02 bits per heavy atom. The fourth-order valence-corrected chi connectivity index (χ4v) is 5.91. The number of carbonyl (C=O) groups excluding carboxylic acids is 2. The SMILES string of the molecule is CNC(=O)[C@@H](Cc1ccccc1)N(Cc1ccccc1F)C(=O)CN(c1ccccc1)S(=O)(=O)c1ccc(C)cc1. The van der Waals surface area contributed by atoms with Crippen LogP contribution in [0.15, 0.2) is 114 Å². The van der Waals surface area contributed by atoms with Crippen molar-refractivity contribution in [2.45, 2.75) is 30.8 Å². The minimum Gasteiger partial charge on any atom is -0.357 e. The lowest BCUT2D eigenvalue weighted by molar-refractivity contribution is -0.139. The van der Waals surface area contributed by atoms with Gasteiger partial charge in [-0.2, -0.15) is 0 Å². The first-order valence-electron chi connectivity index (χ1n) is 13.1. The molecule has 7 nitrogen and oxygen atoms in total. The van der Waals surface area contributed by atoms with E-state index in [9.17, 15) is 22.4 Å². The third-order valence-electron chi connectivity index (χ3n) is 6.75. The van der Waals surface area contributed by atoms with Crippen molar-refractivity contribution in [1.82, 2.24) is 10.2 Å². The van der Waals surface area contributed by atoms with Crippen molar-refractivity contribution in [3.05, 3.63) is 132 Å². The van der Waals surface area contributed by atoms with Gasteiger partial charge in [0.25, 0.3) is 10.0 Å². The molecule has 0 heterocycles. The van der Waals surface area contributed by atoms with Crippen LogP contribution in [0.4, 0.5) is 10.1 Å². The van der Waals surface area contributed by atoms with Crippen LogP contribution in [0.25, 0.3) is 0 Å². The van der Waals surface area contributed by atoms with Crippen LogP contribution in [0, 0.1) is 12.7 Å². The first kappa shape index (κ1) is 29.5. The van der Waals surface area contributed by atoms with E-state index in [-0.39, 0.29) is 29.1 Å². The van der Waals surface area contributed by atoms with Gasteiger partial charge in [-0.25, -0.2) is 12.8 Å². The minimum atomic E-state index is -4.18. The molecule has 0 radical (unpaired) electrons. The van der Waals surface area contributed by atoms with E-state index in [1.54, 1.807) is 48.5 Å². The van der Waals surface area contributed by atoms with Crippen molar-refractivity contribution >= 4 is 27.5 Å². The number of aryl methyl sites for hydroxylation is 1. The van der Waals surface area contributed by atoms with Crippen molar-refractivity contribution in [3.8, 4) is 0 Å². The number of hydrogen-bond acceptors (Lipinski definition) is 4. The van der Waals surface area contributed by atoms with Gasteiger partial charge in [0, 0.05) is 25.6 Å². The monoisotopic (exact) mass is 573 g/mol. The van der Waals surface area contributed by atoms with Crippen LogP contribution < -0.4 is 9.62 Å². The molecule has 9 heteroatoms. The topological polar surface area (TPSA) is 86.8 Å². The fraction of sp³-hybridized carbons (Fsp3) is 0.188. The van der Waals surface area contributed by atoms with Gasteiger partial charge in [0.1, 0.15) is 18.4 Å². The smallest absolute Gasteiger partial charge is 0.264 e. The Balaban J connectivity index is 1.78. The Kier molecular flexibility index (Phi) is 9.52. The van der Waals surface area contributed by atoms with Gasteiger partial charge in [0.2, 0.25) is 11.8 Å². The Morgan fingerprint density at radius 2 is 1.41 bits per heavy atom. The van der Waals surface area contributed by atoms with E-state index in [4.69, 9.17) is 0 Å². The summed E-state index contributed by atoms with van der Waals surface area (Å²) >= 11 is 0. The Bertz CT molecular complexity index is 1580. The van der Waals surface area contributed by atoms with E-state index < -0.39 is 40.2 Å². The summed E-state index contributed by atoms with van der Waals surface area (Å²) in [7, 11) is -2.72. The number of hydrogen-bond donors (Lipinski definition) is 1. The van der Waals surface area contributed by atoms with E-state index in [1.807, 2.05) is 37.3 Å². The number of nitrogens with zero attached hydrogens (tertiary/aromatic N) is 2. The van der Waals surface area contributed by atoms with E-state index in [1.165, 1.54) is 42.3 Å². The normalized spacial score (nSPS) is 11.9. The van der Waals surface area contributed by atoms with Crippen LogP contribution in [-0.2, 0) is 32.6 Å². The molecule has 1 atom stereocenters.